The van der Waals surface area contributed by atoms with E-state index in [1.807, 2.05) is 34.6 Å². The van der Waals surface area contributed by atoms with Gasteiger partial charge < -0.3 is 29.1 Å². The Labute approximate surface area is 319 Å². The molecule has 2 fully saturated rings. The number of hydrogen-bond donors (Lipinski definition) is 1. The maximum absolute atomic E-state index is 13.4. The number of carbonyl (C=O) groups excluding carboxylic acids is 6. The number of ether oxygens (including phenoxy) is 4. The predicted molar refractivity (Wildman–Crippen MR) is 203 cm³/mol. The number of ketones is 3. The number of nitrogens with one attached hydrogen (secondary N) is 1. The summed E-state index contributed by atoms with van der Waals surface area (Å²) in [6, 6.07) is -0.792. The first-order valence-corrected chi connectivity index (χ1v) is 20.8. The Bertz CT molecular complexity index is 1140. The van der Waals surface area contributed by atoms with E-state index in [4.69, 9.17) is 18.9 Å². The maximum Gasteiger partial charge on any atom is 0.329 e. The molecule has 0 aromatic carbocycles. The van der Waals surface area contributed by atoms with Gasteiger partial charge in [0.25, 0.3) is 0 Å². The predicted octanol–water partition coefficient (Wildman–Crippen LogP) is 7.57. The topological polar surface area (TPSA) is 151 Å². The summed E-state index contributed by atoms with van der Waals surface area (Å²) in [5.41, 5.74) is 0. The fourth-order valence-corrected chi connectivity index (χ4v) is 7.16. The van der Waals surface area contributed by atoms with Crippen LogP contribution in [0.4, 0.5) is 0 Å². The van der Waals surface area contributed by atoms with E-state index in [1.165, 1.54) is 0 Å². The van der Waals surface area contributed by atoms with Crippen LogP contribution in [0.1, 0.15) is 170 Å². The van der Waals surface area contributed by atoms with E-state index >= 15 is 0 Å². The van der Waals surface area contributed by atoms with Gasteiger partial charge in [-0.1, -0.05) is 86.0 Å². The van der Waals surface area contributed by atoms with Crippen LogP contribution in [0.3, 0.4) is 0 Å². The zero-order chi connectivity index (χ0) is 39.2. The van der Waals surface area contributed by atoms with E-state index in [1.54, 1.807) is 6.92 Å². The number of unbranched alkanes of at least 4 members (excludes halogenated alkanes) is 10. The molecule has 0 radical (unpaired) electrons. The largest absolute Gasteiger partial charge is 0.457 e. The fraction of sp³-hybridized carbons (Fsp3) is 0.857. The van der Waals surface area contributed by atoms with E-state index < -0.39 is 48.3 Å². The lowest BCUT2D eigenvalue weighted by atomic mass is 9.91. The summed E-state index contributed by atoms with van der Waals surface area (Å²) in [5.74, 6) is -0.757. The van der Waals surface area contributed by atoms with Crippen LogP contribution in [0.25, 0.3) is 0 Å². The standard InChI is InChI=1S/C42H71NO10/c1-7-33(45)21-17-13-10-11-15-19-23-38(47)43-35(25-30(4)5)42(49)53-37-28-51-39-36(27-50-40(37)39)52-41(48)32(24-29(2)3)26-34(46)22-18-14-9-8-12-16-20-31(6)44/h29-30,32,35-37,39-40H,7-28H2,1-6H3,(H,43,47)/t32?,35?,36-,37+,39?,40?/m1/s1. The smallest absolute Gasteiger partial charge is 0.329 e. The first-order valence-electron chi connectivity index (χ1n) is 20.8. The SMILES string of the molecule is CCC(=O)CCCCCCCCC(=O)NC(CC(C)C)C(=O)O[C@H]1COC2C1OC[C@H]2OC(=O)C(CC(=O)CCCCCCCCC(C)=O)CC(C)C. The summed E-state index contributed by atoms with van der Waals surface area (Å²) in [7, 11) is 0. The second-order valence-corrected chi connectivity index (χ2v) is 16.2. The van der Waals surface area contributed by atoms with E-state index in [9.17, 15) is 28.8 Å². The fourth-order valence-electron chi connectivity index (χ4n) is 7.16. The summed E-state index contributed by atoms with van der Waals surface area (Å²) in [5, 5.41) is 2.88. The molecule has 0 saturated carbocycles. The minimum atomic E-state index is -0.792. The van der Waals surface area contributed by atoms with Gasteiger partial charge in [-0.05, 0) is 57.3 Å². The van der Waals surface area contributed by atoms with Crippen molar-refractivity contribution in [3.8, 4) is 0 Å². The number of rotatable bonds is 30. The average Bonchev–Trinajstić information content (AvgIpc) is 3.68. The van der Waals surface area contributed by atoms with Gasteiger partial charge in [0, 0.05) is 38.5 Å². The monoisotopic (exact) mass is 750 g/mol. The summed E-state index contributed by atoms with van der Waals surface area (Å²) in [6.07, 6.45) is 12.6. The van der Waals surface area contributed by atoms with Crippen molar-refractivity contribution in [2.24, 2.45) is 17.8 Å². The van der Waals surface area contributed by atoms with Gasteiger partial charge in [-0.2, -0.15) is 0 Å². The number of amides is 1. The quantitative estimate of drug-likeness (QED) is 0.0575. The zero-order valence-electron chi connectivity index (χ0n) is 33.8. The Morgan fingerprint density at radius 1 is 0.604 bits per heavy atom. The summed E-state index contributed by atoms with van der Waals surface area (Å²) < 4.78 is 23.7. The molecule has 304 valence electrons. The summed E-state index contributed by atoms with van der Waals surface area (Å²) >= 11 is 0. The molecular formula is C42H71NO10. The highest BCUT2D eigenvalue weighted by Crippen LogP contribution is 2.32. The van der Waals surface area contributed by atoms with Crippen molar-refractivity contribution in [3.63, 3.8) is 0 Å². The van der Waals surface area contributed by atoms with E-state index in [2.05, 4.69) is 5.32 Å². The second kappa shape index (κ2) is 26.2. The molecule has 1 N–H and O–H groups in total. The van der Waals surface area contributed by atoms with Crippen LogP contribution in [0.2, 0.25) is 0 Å². The van der Waals surface area contributed by atoms with Gasteiger partial charge in [0.1, 0.15) is 35.6 Å². The molecule has 0 aliphatic carbocycles. The van der Waals surface area contributed by atoms with Crippen molar-refractivity contribution in [2.45, 2.75) is 200 Å². The van der Waals surface area contributed by atoms with Gasteiger partial charge in [0.05, 0.1) is 19.1 Å². The number of Topliss-reactive ketones (excluding diaryl/α,β-unsaturated/α-hetero) is 3. The molecule has 0 aromatic heterocycles. The second-order valence-electron chi connectivity index (χ2n) is 16.2. The molecule has 2 saturated heterocycles. The third-order valence-corrected chi connectivity index (χ3v) is 10.1. The van der Waals surface area contributed by atoms with Crippen molar-refractivity contribution in [3.05, 3.63) is 0 Å². The summed E-state index contributed by atoms with van der Waals surface area (Å²) in [4.78, 5) is 74.9. The highest BCUT2D eigenvalue weighted by atomic mass is 16.7. The average molecular weight is 750 g/mol. The van der Waals surface area contributed by atoms with Gasteiger partial charge >= 0.3 is 11.9 Å². The lowest BCUT2D eigenvalue weighted by molar-refractivity contribution is -0.161. The van der Waals surface area contributed by atoms with Gasteiger partial charge in [-0.15, -0.1) is 0 Å². The van der Waals surface area contributed by atoms with E-state index in [-0.39, 0.29) is 48.9 Å². The highest BCUT2D eigenvalue weighted by molar-refractivity contribution is 5.85. The molecule has 2 rings (SSSR count). The molecule has 11 heteroatoms. The highest BCUT2D eigenvalue weighted by Gasteiger charge is 2.52. The lowest BCUT2D eigenvalue weighted by Crippen LogP contribution is -2.45. The van der Waals surface area contributed by atoms with Crippen molar-refractivity contribution in [1.29, 1.82) is 0 Å². The normalized spacial score (nSPS) is 20.6. The van der Waals surface area contributed by atoms with Gasteiger partial charge in [0.15, 0.2) is 12.2 Å². The molecule has 0 aromatic rings. The Kier molecular flexibility index (Phi) is 23.0. The van der Waals surface area contributed by atoms with Crippen molar-refractivity contribution in [2.75, 3.05) is 13.2 Å². The van der Waals surface area contributed by atoms with Gasteiger partial charge in [0.2, 0.25) is 5.91 Å². The molecule has 0 bridgehead atoms. The molecule has 11 nitrogen and oxygen atoms in total. The maximum atomic E-state index is 13.4. The minimum absolute atomic E-state index is 0.0599. The molecule has 53 heavy (non-hydrogen) atoms. The molecule has 2 aliphatic heterocycles. The molecule has 4 unspecified atom stereocenters. The first kappa shape index (κ1) is 46.5. The number of fused-ring (bicyclic) bond motifs is 1. The van der Waals surface area contributed by atoms with Crippen LogP contribution in [-0.2, 0) is 47.7 Å². The van der Waals surface area contributed by atoms with Crippen LogP contribution in [0, 0.1) is 17.8 Å². The van der Waals surface area contributed by atoms with Crippen LogP contribution in [0.15, 0.2) is 0 Å². The number of esters is 2. The van der Waals surface area contributed by atoms with E-state index in [0.717, 1.165) is 77.0 Å². The third-order valence-electron chi connectivity index (χ3n) is 10.1. The molecule has 0 spiro atoms. The van der Waals surface area contributed by atoms with Crippen LogP contribution >= 0.6 is 0 Å². The van der Waals surface area contributed by atoms with Gasteiger partial charge in [-0.25, -0.2) is 4.79 Å². The Balaban J connectivity index is 1.79. The van der Waals surface area contributed by atoms with Crippen molar-refractivity contribution in [1.82, 2.24) is 5.32 Å². The Morgan fingerprint density at radius 3 is 1.55 bits per heavy atom. The number of carbonyl (C=O) groups is 6. The van der Waals surface area contributed by atoms with Crippen LogP contribution in [0.5, 0.6) is 0 Å². The van der Waals surface area contributed by atoms with Gasteiger partial charge in [-0.3, -0.25) is 19.2 Å². The summed E-state index contributed by atoms with van der Waals surface area (Å²) in [6.45, 7) is 11.7. The van der Waals surface area contributed by atoms with Crippen LogP contribution in [-0.4, -0.2) is 78.9 Å². The molecular weight excluding hydrogens is 678 g/mol. The Morgan fingerprint density at radius 2 is 1.06 bits per heavy atom. The van der Waals surface area contributed by atoms with E-state index in [0.29, 0.717) is 50.7 Å². The zero-order valence-corrected chi connectivity index (χ0v) is 33.8. The molecule has 6 atom stereocenters. The Hall–Kier alpha value is -2.66. The molecule has 2 aliphatic rings. The van der Waals surface area contributed by atoms with Crippen LogP contribution < -0.4 is 5.32 Å². The molecule has 1 amide bonds. The molecule has 2 heterocycles. The minimum Gasteiger partial charge on any atom is -0.457 e. The number of hydrogen-bond acceptors (Lipinski definition) is 10. The lowest BCUT2D eigenvalue weighted by Gasteiger charge is -2.23. The third kappa shape index (κ3) is 19.5. The van der Waals surface area contributed by atoms with Crippen molar-refractivity contribution >= 4 is 35.2 Å². The first-order chi connectivity index (χ1) is 25.3. The van der Waals surface area contributed by atoms with Crippen molar-refractivity contribution < 1.29 is 47.7 Å².